The Balaban J connectivity index is 1.61. The van der Waals surface area contributed by atoms with Gasteiger partial charge in [-0.05, 0) is 43.5 Å². The first-order valence-electron chi connectivity index (χ1n) is 6.91. The molecular weight excluding hydrogens is 292 g/mol. The van der Waals surface area contributed by atoms with Crippen molar-refractivity contribution in [3.8, 4) is 0 Å². The third-order valence-electron chi connectivity index (χ3n) is 3.77. The molecule has 1 fully saturated rings. The van der Waals surface area contributed by atoms with Gasteiger partial charge in [-0.25, -0.2) is 0 Å². The summed E-state index contributed by atoms with van der Waals surface area (Å²) in [4.78, 5) is 18.8. The predicted octanol–water partition coefficient (Wildman–Crippen LogP) is 4.03. The topological polar surface area (TPSA) is 36.1 Å². The second-order valence-corrected chi connectivity index (χ2v) is 6.88. The van der Waals surface area contributed by atoms with Crippen LogP contribution in [0.3, 0.4) is 0 Å². The zero-order chi connectivity index (χ0) is 13.9. The number of likely N-dealkylation sites (tertiary alicyclic amines) is 1. The summed E-state index contributed by atoms with van der Waals surface area (Å²) in [7, 11) is 0. The number of amides is 1. The zero-order valence-corrected chi connectivity index (χ0v) is 12.7. The lowest BCUT2D eigenvalue weighted by molar-refractivity contribution is -0.132. The first kappa shape index (κ1) is 13.7. The minimum atomic E-state index is 0.226. The van der Waals surface area contributed by atoms with E-state index in [4.69, 9.17) is 11.6 Å². The number of rotatable bonds is 4. The molecule has 0 unspecified atom stereocenters. The van der Waals surface area contributed by atoms with Crippen LogP contribution in [-0.4, -0.2) is 22.3 Å². The molecule has 1 atom stereocenters. The quantitative estimate of drug-likeness (QED) is 0.909. The molecule has 0 aliphatic carbocycles. The van der Waals surface area contributed by atoms with Gasteiger partial charge in [0.2, 0.25) is 5.91 Å². The largest absolute Gasteiger partial charge is 0.363 e. The fourth-order valence-corrected chi connectivity index (χ4v) is 3.89. The minimum Gasteiger partial charge on any atom is -0.363 e. The van der Waals surface area contributed by atoms with Crippen LogP contribution in [0.1, 0.15) is 35.9 Å². The molecule has 5 heteroatoms. The van der Waals surface area contributed by atoms with Gasteiger partial charge < -0.3 is 9.88 Å². The first-order chi connectivity index (χ1) is 9.74. The summed E-state index contributed by atoms with van der Waals surface area (Å²) in [5.74, 6) is 0.242. The van der Waals surface area contributed by atoms with Crippen LogP contribution in [-0.2, 0) is 11.2 Å². The highest BCUT2D eigenvalue weighted by Crippen LogP contribution is 2.31. The van der Waals surface area contributed by atoms with E-state index in [0.29, 0.717) is 6.42 Å². The lowest BCUT2D eigenvalue weighted by Gasteiger charge is -2.24. The number of nitrogens with one attached hydrogen (secondary N) is 1. The van der Waals surface area contributed by atoms with Gasteiger partial charge in [-0.2, -0.15) is 0 Å². The highest BCUT2D eigenvalue weighted by atomic mass is 35.5. The molecule has 3 rings (SSSR count). The van der Waals surface area contributed by atoms with Crippen molar-refractivity contribution >= 4 is 28.8 Å². The number of hydrogen-bond donors (Lipinski definition) is 1. The van der Waals surface area contributed by atoms with E-state index in [1.165, 1.54) is 4.88 Å². The molecule has 1 N–H and O–H groups in total. The monoisotopic (exact) mass is 308 g/mol. The van der Waals surface area contributed by atoms with E-state index in [9.17, 15) is 4.79 Å². The molecule has 0 saturated carbocycles. The number of halogens is 1. The number of H-pyrrole nitrogens is 1. The van der Waals surface area contributed by atoms with Crippen molar-refractivity contribution in [2.24, 2.45) is 0 Å². The Labute approximate surface area is 127 Å². The predicted molar refractivity (Wildman–Crippen MR) is 82.1 cm³/mol. The van der Waals surface area contributed by atoms with Gasteiger partial charge in [0.1, 0.15) is 0 Å². The second-order valence-electron chi connectivity index (χ2n) is 5.08. The van der Waals surface area contributed by atoms with Gasteiger partial charge in [0.15, 0.2) is 0 Å². The van der Waals surface area contributed by atoms with Crippen LogP contribution in [0, 0.1) is 0 Å². The summed E-state index contributed by atoms with van der Waals surface area (Å²) in [5, 5.41) is 0. The Morgan fingerprint density at radius 3 is 3.05 bits per heavy atom. The molecule has 1 amide bonds. The van der Waals surface area contributed by atoms with Gasteiger partial charge in [0.25, 0.3) is 0 Å². The first-order valence-corrected chi connectivity index (χ1v) is 8.10. The zero-order valence-electron chi connectivity index (χ0n) is 11.1. The molecule has 20 heavy (non-hydrogen) atoms. The number of carbonyl (C=O) groups excluding carboxylic acids is 1. The summed E-state index contributed by atoms with van der Waals surface area (Å²) in [6.07, 6.45) is 5.40. The number of nitrogens with zero attached hydrogens (tertiary/aromatic N) is 1. The summed E-state index contributed by atoms with van der Waals surface area (Å²) < 4.78 is 0.790. The smallest absolute Gasteiger partial charge is 0.223 e. The van der Waals surface area contributed by atoms with E-state index >= 15 is 0 Å². The number of thiophene rings is 1. The Morgan fingerprint density at radius 1 is 1.45 bits per heavy atom. The Morgan fingerprint density at radius 2 is 2.35 bits per heavy atom. The van der Waals surface area contributed by atoms with Crippen molar-refractivity contribution in [2.45, 2.75) is 31.7 Å². The van der Waals surface area contributed by atoms with Crippen LogP contribution < -0.4 is 0 Å². The van der Waals surface area contributed by atoms with E-state index < -0.39 is 0 Å². The second kappa shape index (κ2) is 6.02. The Hall–Kier alpha value is -1.26. The van der Waals surface area contributed by atoms with Gasteiger partial charge in [-0.3, -0.25) is 4.79 Å². The highest BCUT2D eigenvalue weighted by molar-refractivity contribution is 7.16. The minimum absolute atomic E-state index is 0.226. The number of aromatic nitrogens is 1. The van der Waals surface area contributed by atoms with Crippen LogP contribution in [0.15, 0.2) is 30.5 Å². The van der Waals surface area contributed by atoms with Gasteiger partial charge in [-0.15, -0.1) is 11.3 Å². The van der Waals surface area contributed by atoms with Gasteiger partial charge in [-0.1, -0.05) is 11.6 Å². The molecule has 0 spiro atoms. The van der Waals surface area contributed by atoms with E-state index in [-0.39, 0.29) is 11.9 Å². The van der Waals surface area contributed by atoms with Crippen molar-refractivity contribution in [3.05, 3.63) is 45.4 Å². The van der Waals surface area contributed by atoms with Crippen molar-refractivity contribution in [2.75, 3.05) is 6.54 Å². The molecular formula is C15H17ClN2OS. The molecule has 0 bridgehead atoms. The Bertz CT molecular complexity index is 578. The maximum atomic E-state index is 12.4. The number of hydrogen-bond acceptors (Lipinski definition) is 2. The molecule has 106 valence electrons. The van der Waals surface area contributed by atoms with Crippen molar-refractivity contribution in [3.63, 3.8) is 0 Å². The summed E-state index contributed by atoms with van der Waals surface area (Å²) in [6.45, 7) is 0.869. The normalized spacial score (nSPS) is 18.6. The summed E-state index contributed by atoms with van der Waals surface area (Å²) >= 11 is 7.47. The fraction of sp³-hybridized carbons (Fsp3) is 0.400. The highest BCUT2D eigenvalue weighted by Gasteiger charge is 2.30. The Kier molecular flexibility index (Phi) is 4.13. The molecule has 3 heterocycles. The van der Waals surface area contributed by atoms with Crippen LogP contribution in [0.25, 0.3) is 0 Å². The third kappa shape index (κ3) is 2.91. The fourth-order valence-electron chi connectivity index (χ4n) is 2.80. The molecule has 2 aromatic heterocycles. The molecule has 1 aliphatic heterocycles. The third-order valence-corrected chi connectivity index (χ3v) is 5.06. The lowest BCUT2D eigenvalue weighted by atomic mass is 10.1. The van der Waals surface area contributed by atoms with Crippen molar-refractivity contribution in [1.29, 1.82) is 0 Å². The van der Waals surface area contributed by atoms with E-state index in [0.717, 1.165) is 35.8 Å². The van der Waals surface area contributed by atoms with E-state index in [1.807, 2.05) is 29.3 Å². The average Bonchev–Trinajstić information content (AvgIpc) is 3.16. The standard InChI is InChI=1S/C15H17ClN2OS/c16-14-7-5-11(20-14)6-8-15(19)18-10-2-4-13(18)12-3-1-9-17-12/h1,3,5,7,9,13,17H,2,4,6,8,10H2/t13-/m0/s1. The van der Waals surface area contributed by atoms with Gasteiger partial charge in [0.05, 0.1) is 10.4 Å². The molecule has 2 aromatic rings. The number of aryl methyl sites for hydroxylation is 1. The molecule has 1 aliphatic rings. The maximum Gasteiger partial charge on any atom is 0.223 e. The SMILES string of the molecule is O=C(CCc1ccc(Cl)s1)N1CCC[C@H]1c1ccc[nH]1. The van der Waals surface area contributed by atoms with Crippen LogP contribution in [0.5, 0.6) is 0 Å². The molecule has 0 aromatic carbocycles. The number of carbonyl (C=O) groups is 1. The average molecular weight is 309 g/mol. The summed E-state index contributed by atoms with van der Waals surface area (Å²) in [5.41, 5.74) is 1.15. The molecule has 1 saturated heterocycles. The lowest BCUT2D eigenvalue weighted by Crippen LogP contribution is -2.30. The van der Waals surface area contributed by atoms with Crippen molar-refractivity contribution < 1.29 is 4.79 Å². The summed E-state index contributed by atoms with van der Waals surface area (Å²) in [6, 6.07) is 8.18. The van der Waals surface area contributed by atoms with Crippen LogP contribution in [0.4, 0.5) is 0 Å². The van der Waals surface area contributed by atoms with Crippen LogP contribution >= 0.6 is 22.9 Å². The molecule has 3 nitrogen and oxygen atoms in total. The van der Waals surface area contributed by atoms with E-state index in [2.05, 4.69) is 11.1 Å². The maximum absolute atomic E-state index is 12.4. The van der Waals surface area contributed by atoms with E-state index in [1.54, 1.807) is 11.3 Å². The van der Waals surface area contributed by atoms with Crippen molar-refractivity contribution in [1.82, 2.24) is 9.88 Å². The van der Waals surface area contributed by atoms with Crippen LogP contribution in [0.2, 0.25) is 4.34 Å². The van der Waals surface area contributed by atoms with Gasteiger partial charge in [0, 0.05) is 29.7 Å². The number of aromatic amines is 1. The van der Waals surface area contributed by atoms with Gasteiger partial charge >= 0.3 is 0 Å². The molecule has 0 radical (unpaired) electrons.